The Morgan fingerprint density at radius 2 is 1.90 bits per heavy atom. The van der Waals surface area contributed by atoms with Crippen molar-refractivity contribution in [2.45, 2.75) is 25.7 Å². The van der Waals surface area contributed by atoms with Crippen LogP contribution < -0.4 is 11.1 Å². The Balaban J connectivity index is 1.79. The molecule has 3 N–H and O–H groups in total. The Hall–Kier alpha value is -1.07. The van der Waals surface area contributed by atoms with Crippen LogP contribution in [0.3, 0.4) is 0 Å². The van der Waals surface area contributed by atoms with Gasteiger partial charge in [0.05, 0.1) is 0 Å². The molecule has 0 aliphatic carbocycles. The van der Waals surface area contributed by atoms with Crippen LogP contribution in [0.25, 0.3) is 0 Å². The van der Waals surface area contributed by atoms with Crippen LogP contribution in [-0.4, -0.2) is 37.0 Å². The SMILES string of the molecule is Nc1cc(Br)cc(C(=O)NCCN2CCCCCC2)c1. The van der Waals surface area contributed by atoms with Gasteiger partial charge in [0.2, 0.25) is 0 Å². The van der Waals surface area contributed by atoms with Gasteiger partial charge in [-0.25, -0.2) is 0 Å². The van der Waals surface area contributed by atoms with Crippen LogP contribution in [0.2, 0.25) is 0 Å². The second-order valence-corrected chi connectivity index (χ2v) is 6.20. The van der Waals surface area contributed by atoms with Crippen molar-refractivity contribution in [1.29, 1.82) is 0 Å². The molecule has 1 aliphatic heterocycles. The van der Waals surface area contributed by atoms with Gasteiger partial charge in [0.25, 0.3) is 5.91 Å². The normalized spacial score (nSPS) is 16.6. The molecule has 110 valence electrons. The van der Waals surface area contributed by atoms with Gasteiger partial charge in [-0.1, -0.05) is 28.8 Å². The first kappa shape index (κ1) is 15.3. The van der Waals surface area contributed by atoms with E-state index in [9.17, 15) is 4.79 Å². The maximum atomic E-state index is 12.1. The highest BCUT2D eigenvalue weighted by molar-refractivity contribution is 9.10. The lowest BCUT2D eigenvalue weighted by atomic mass is 10.2. The Kier molecular flexibility index (Phi) is 5.86. The molecule has 0 aromatic heterocycles. The summed E-state index contributed by atoms with van der Waals surface area (Å²) < 4.78 is 0.829. The third kappa shape index (κ3) is 4.80. The van der Waals surface area contributed by atoms with E-state index in [0.29, 0.717) is 17.8 Å². The second kappa shape index (κ2) is 7.64. The molecule has 1 aliphatic rings. The predicted molar refractivity (Wildman–Crippen MR) is 85.8 cm³/mol. The lowest BCUT2D eigenvalue weighted by Crippen LogP contribution is -2.35. The molecule has 2 rings (SSSR count). The fraction of sp³-hybridized carbons (Fsp3) is 0.533. The Bertz CT molecular complexity index is 436. The third-order valence-electron chi connectivity index (χ3n) is 3.59. The lowest BCUT2D eigenvalue weighted by molar-refractivity contribution is 0.0948. The first-order chi connectivity index (χ1) is 9.65. The molecule has 1 aromatic carbocycles. The molecule has 0 bridgehead atoms. The van der Waals surface area contributed by atoms with Crippen molar-refractivity contribution in [3.05, 3.63) is 28.2 Å². The summed E-state index contributed by atoms with van der Waals surface area (Å²) in [6.07, 6.45) is 5.21. The topological polar surface area (TPSA) is 58.4 Å². The van der Waals surface area contributed by atoms with E-state index in [1.807, 2.05) is 0 Å². The quantitative estimate of drug-likeness (QED) is 0.829. The minimum Gasteiger partial charge on any atom is -0.399 e. The van der Waals surface area contributed by atoms with E-state index in [-0.39, 0.29) is 5.91 Å². The van der Waals surface area contributed by atoms with Gasteiger partial charge in [-0.15, -0.1) is 0 Å². The molecule has 0 spiro atoms. The van der Waals surface area contributed by atoms with E-state index in [0.717, 1.165) is 24.1 Å². The second-order valence-electron chi connectivity index (χ2n) is 5.28. The largest absolute Gasteiger partial charge is 0.399 e. The van der Waals surface area contributed by atoms with Gasteiger partial charge < -0.3 is 16.0 Å². The third-order valence-corrected chi connectivity index (χ3v) is 4.05. The lowest BCUT2D eigenvalue weighted by Gasteiger charge is -2.19. The number of nitrogens with two attached hydrogens (primary N) is 1. The van der Waals surface area contributed by atoms with E-state index in [4.69, 9.17) is 5.73 Å². The first-order valence-electron chi connectivity index (χ1n) is 7.22. The zero-order valence-electron chi connectivity index (χ0n) is 11.7. The van der Waals surface area contributed by atoms with E-state index in [2.05, 4.69) is 26.1 Å². The summed E-state index contributed by atoms with van der Waals surface area (Å²) in [6.45, 7) is 3.92. The van der Waals surface area contributed by atoms with Gasteiger partial charge in [0.1, 0.15) is 0 Å². The molecule has 20 heavy (non-hydrogen) atoms. The van der Waals surface area contributed by atoms with Crippen LogP contribution in [0, 0.1) is 0 Å². The molecule has 5 heteroatoms. The summed E-state index contributed by atoms with van der Waals surface area (Å²) in [5.41, 5.74) is 6.94. The summed E-state index contributed by atoms with van der Waals surface area (Å²) >= 11 is 3.35. The van der Waals surface area contributed by atoms with Gasteiger partial charge in [-0.2, -0.15) is 0 Å². The van der Waals surface area contributed by atoms with E-state index in [1.54, 1.807) is 18.2 Å². The molecule has 0 radical (unpaired) electrons. The van der Waals surface area contributed by atoms with Crippen LogP contribution in [-0.2, 0) is 0 Å². The fourth-order valence-electron chi connectivity index (χ4n) is 2.53. The number of nitrogens with zero attached hydrogens (tertiary/aromatic N) is 1. The summed E-state index contributed by atoms with van der Waals surface area (Å²) in [5, 5.41) is 2.96. The van der Waals surface area contributed by atoms with Crippen molar-refractivity contribution in [3.8, 4) is 0 Å². The molecule has 1 fully saturated rings. The maximum Gasteiger partial charge on any atom is 0.251 e. The molecule has 1 saturated heterocycles. The predicted octanol–water partition coefficient (Wildman–Crippen LogP) is 2.64. The number of benzene rings is 1. The zero-order valence-corrected chi connectivity index (χ0v) is 13.3. The van der Waals surface area contributed by atoms with Crippen molar-refractivity contribution in [3.63, 3.8) is 0 Å². The van der Waals surface area contributed by atoms with Crippen molar-refractivity contribution < 1.29 is 4.79 Å². The molecule has 1 heterocycles. The number of carbonyl (C=O) groups excluding carboxylic acids is 1. The first-order valence-corrected chi connectivity index (χ1v) is 8.01. The van der Waals surface area contributed by atoms with Crippen LogP contribution in [0.1, 0.15) is 36.0 Å². The fourth-order valence-corrected chi connectivity index (χ4v) is 3.04. The van der Waals surface area contributed by atoms with E-state index >= 15 is 0 Å². The van der Waals surface area contributed by atoms with Gasteiger partial charge in [-0.05, 0) is 44.1 Å². The number of rotatable bonds is 4. The number of amides is 1. The van der Waals surface area contributed by atoms with Crippen LogP contribution >= 0.6 is 15.9 Å². The summed E-state index contributed by atoms with van der Waals surface area (Å²) in [7, 11) is 0. The smallest absolute Gasteiger partial charge is 0.251 e. The van der Waals surface area contributed by atoms with Crippen molar-refractivity contribution in [1.82, 2.24) is 10.2 Å². The Morgan fingerprint density at radius 1 is 1.20 bits per heavy atom. The number of carbonyl (C=O) groups is 1. The number of halogens is 1. The van der Waals surface area contributed by atoms with E-state index < -0.39 is 0 Å². The average Bonchev–Trinajstić information content (AvgIpc) is 2.66. The minimum atomic E-state index is -0.0622. The molecule has 1 amide bonds. The van der Waals surface area contributed by atoms with Crippen LogP contribution in [0.5, 0.6) is 0 Å². The van der Waals surface area contributed by atoms with Crippen molar-refractivity contribution in [2.75, 3.05) is 31.9 Å². The number of hydrogen-bond donors (Lipinski definition) is 2. The van der Waals surface area contributed by atoms with Crippen molar-refractivity contribution in [2.24, 2.45) is 0 Å². The van der Waals surface area contributed by atoms with Crippen molar-refractivity contribution >= 4 is 27.5 Å². The molecule has 0 saturated carbocycles. The van der Waals surface area contributed by atoms with E-state index in [1.165, 1.54) is 25.7 Å². The highest BCUT2D eigenvalue weighted by atomic mass is 79.9. The van der Waals surface area contributed by atoms with Gasteiger partial charge >= 0.3 is 0 Å². The standard InChI is InChI=1S/C15H22BrN3O/c16-13-9-12(10-14(17)11-13)15(20)18-5-8-19-6-3-1-2-4-7-19/h9-11H,1-8,17H2,(H,18,20). The van der Waals surface area contributed by atoms with Crippen LogP contribution in [0.15, 0.2) is 22.7 Å². The van der Waals surface area contributed by atoms with Gasteiger partial charge in [0.15, 0.2) is 0 Å². The molecular weight excluding hydrogens is 318 g/mol. The Morgan fingerprint density at radius 3 is 2.55 bits per heavy atom. The monoisotopic (exact) mass is 339 g/mol. The number of nitrogen functional groups attached to an aromatic ring is 1. The highest BCUT2D eigenvalue weighted by Gasteiger charge is 2.10. The molecule has 0 atom stereocenters. The number of likely N-dealkylation sites (tertiary alicyclic amines) is 1. The zero-order chi connectivity index (χ0) is 14.4. The average molecular weight is 340 g/mol. The molecule has 0 unspecified atom stereocenters. The Labute approximate surface area is 128 Å². The van der Waals surface area contributed by atoms with Gasteiger partial charge in [-0.3, -0.25) is 4.79 Å². The number of nitrogens with one attached hydrogen (secondary N) is 1. The number of hydrogen-bond acceptors (Lipinski definition) is 3. The summed E-state index contributed by atoms with van der Waals surface area (Å²) in [4.78, 5) is 14.5. The highest BCUT2D eigenvalue weighted by Crippen LogP contribution is 2.17. The number of anilines is 1. The summed E-state index contributed by atoms with van der Waals surface area (Å²) in [5.74, 6) is -0.0622. The van der Waals surface area contributed by atoms with Gasteiger partial charge in [0, 0.05) is 28.8 Å². The maximum absolute atomic E-state index is 12.1. The molecule has 1 aromatic rings. The minimum absolute atomic E-state index is 0.0622. The molecule has 4 nitrogen and oxygen atoms in total. The van der Waals surface area contributed by atoms with Crippen LogP contribution in [0.4, 0.5) is 5.69 Å². The molecular formula is C15H22BrN3O. The summed E-state index contributed by atoms with van der Waals surface area (Å²) in [6, 6.07) is 5.28.